The molecule has 0 saturated heterocycles. The lowest BCUT2D eigenvalue weighted by molar-refractivity contribution is -0.120. The van der Waals surface area contributed by atoms with Crippen molar-refractivity contribution >= 4 is 5.91 Å². The lowest BCUT2D eigenvalue weighted by atomic mass is 10.1. The fraction of sp³-hybridized carbons (Fsp3) is 0.278. The second-order valence-electron chi connectivity index (χ2n) is 5.17. The number of halogens is 2. The fourth-order valence-electron chi connectivity index (χ4n) is 2.23. The second kappa shape index (κ2) is 8.86. The molecule has 0 aliphatic heterocycles. The topological polar surface area (TPSA) is 56.8 Å². The predicted octanol–water partition coefficient (Wildman–Crippen LogP) is 3.16. The van der Waals surface area contributed by atoms with Crippen LogP contribution < -0.4 is 19.5 Å². The maximum absolute atomic E-state index is 12.1. The Bertz CT molecular complexity index is 705. The smallest absolute Gasteiger partial charge is 0.387 e. The molecule has 0 saturated carbocycles. The third kappa shape index (κ3) is 5.63. The number of carbonyl (C=O) groups excluding carboxylic acids is 1. The van der Waals surface area contributed by atoms with Gasteiger partial charge >= 0.3 is 6.61 Å². The monoisotopic (exact) mass is 351 g/mol. The minimum absolute atomic E-state index is 0.0597. The van der Waals surface area contributed by atoms with Gasteiger partial charge in [-0.15, -0.1) is 0 Å². The summed E-state index contributed by atoms with van der Waals surface area (Å²) in [6.07, 6.45) is 0.141. The van der Waals surface area contributed by atoms with E-state index >= 15 is 0 Å². The van der Waals surface area contributed by atoms with E-state index in [9.17, 15) is 13.6 Å². The molecule has 0 atom stereocenters. The number of ether oxygens (including phenoxy) is 3. The maximum Gasteiger partial charge on any atom is 0.387 e. The van der Waals surface area contributed by atoms with Gasteiger partial charge in [-0.3, -0.25) is 4.79 Å². The van der Waals surface area contributed by atoms with Crippen molar-refractivity contribution < 1.29 is 27.8 Å². The molecule has 0 heterocycles. The van der Waals surface area contributed by atoms with Crippen molar-refractivity contribution in [2.45, 2.75) is 19.6 Å². The molecule has 2 aromatic rings. The van der Waals surface area contributed by atoms with E-state index in [1.165, 1.54) is 12.1 Å². The first-order valence-electron chi connectivity index (χ1n) is 7.53. The number of methoxy groups -OCH3 is 2. The Balaban J connectivity index is 1.88. The van der Waals surface area contributed by atoms with Crippen LogP contribution in [0.3, 0.4) is 0 Å². The molecule has 25 heavy (non-hydrogen) atoms. The molecule has 0 spiro atoms. The highest BCUT2D eigenvalue weighted by atomic mass is 19.3. The first kappa shape index (κ1) is 18.5. The number of rotatable bonds is 8. The van der Waals surface area contributed by atoms with Crippen LogP contribution in [0.2, 0.25) is 0 Å². The molecule has 2 aromatic carbocycles. The van der Waals surface area contributed by atoms with Gasteiger partial charge in [0.2, 0.25) is 5.91 Å². The SMILES string of the molecule is COc1ccc(CNC(=O)Cc2ccc(OC(F)F)cc2)cc1OC. The van der Waals surface area contributed by atoms with Gasteiger partial charge in [-0.05, 0) is 35.4 Å². The summed E-state index contributed by atoms with van der Waals surface area (Å²) in [6.45, 7) is -2.53. The molecule has 5 nitrogen and oxygen atoms in total. The summed E-state index contributed by atoms with van der Waals surface area (Å²) < 4.78 is 38.8. The largest absolute Gasteiger partial charge is 0.493 e. The summed E-state index contributed by atoms with van der Waals surface area (Å²) in [6, 6.07) is 11.4. The van der Waals surface area contributed by atoms with Gasteiger partial charge in [-0.2, -0.15) is 8.78 Å². The van der Waals surface area contributed by atoms with Crippen molar-refractivity contribution in [2.24, 2.45) is 0 Å². The van der Waals surface area contributed by atoms with Crippen molar-refractivity contribution in [1.82, 2.24) is 5.32 Å². The first-order valence-corrected chi connectivity index (χ1v) is 7.53. The fourth-order valence-corrected chi connectivity index (χ4v) is 2.23. The van der Waals surface area contributed by atoms with Gasteiger partial charge in [0, 0.05) is 6.54 Å². The van der Waals surface area contributed by atoms with E-state index in [0.717, 1.165) is 5.56 Å². The summed E-state index contributed by atoms with van der Waals surface area (Å²) in [7, 11) is 3.10. The minimum Gasteiger partial charge on any atom is -0.493 e. The van der Waals surface area contributed by atoms with Crippen LogP contribution in [0.15, 0.2) is 42.5 Å². The number of alkyl halides is 2. The lowest BCUT2D eigenvalue weighted by Gasteiger charge is -2.10. The van der Waals surface area contributed by atoms with Crippen LogP contribution in [0.5, 0.6) is 17.2 Å². The van der Waals surface area contributed by atoms with E-state index in [4.69, 9.17) is 9.47 Å². The number of carbonyl (C=O) groups is 1. The van der Waals surface area contributed by atoms with Gasteiger partial charge in [-0.1, -0.05) is 18.2 Å². The number of amides is 1. The minimum atomic E-state index is -2.87. The van der Waals surface area contributed by atoms with E-state index in [1.807, 2.05) is 6.07 Å². The van der Waals surface area contributed by atoms with Crippen LogP contribution in [-0.4, -0.2) is 26.7 Å². The van der Waals surface area contributed by atoms with Crippen LogP contribution in [-0.2, 0) is 17.8 Å². The molecule has 7 heteroatoms. The summed E-state index contributed by atoms with van der Waals surface area (Å²) in [4.78, 5) is 12.0. The van der Waals surface area contributed by atoms with Crippen LogP contribution in [0.1, 0.15) is 11.1 Å². The summed E-state index contributed by atoms with van der Waals surface area (Å²) in [5, 5.41) is 2.80. The van der Waals surface area contributed by atoms with E-state index in [-0.39, 0.29) is 18.1 Å². The van der Waals surface area contributed by atoms with Crippen LogP contribution in [0.4, 0.5) is 8.78 Å². The van der Waals surface area contributed by atoms with E-state index in [1.54, 1.807) is 38.5 Å². The van der Waals surface area contributed by atoms with Crippen LogP contribution >= 0.6 is 0 Å². The van der Waals surface area contributed by atoms with Gasteiger partial charge in [-0.25, -0.2) is 0 Å². The molecule has 134 valence electrons. The molecule has 0 radical (unpaired) electrons. The van der Waals surface area contributed by atoms with Gasteiger partial charge in [0.25, 0.3) is 0 Å². The van der Waals surface area contributed by atoms with E-state index in [2.05, 4.69) is 10.1 Å². The highest BCUT2D eigenvalue weighted by Crippen LogP contribution is 2.27. The van der Waals surface area contributed by atoms with Gasteiger partial charge in [0.1, 0.15) is 5.75 Å². The zero-order valence-electron chi connectivity index (χ0n) is 13.9. The average molecular weight is 351 g/mol. The van der Waals surface area contributed by atoms with Crippen LogP contribution in [0, 0.1) is 0 Å². The van der Waals surface area contributed by atoms with Crippen molar-refractivity contribution in [3.63, 3.8) is 0 Å². The molecule has 1 N–H and O–H groups in total. The highest BCUT2D eigenvalue weighted by molar-refractivity contribution is 5.78. The number of benzene rings is 2. The Kier molecular flexibility index (Phi) is 6.56. The molecule has 0 aliphatic rings. The molecule has 0 fully saturated rings. The summed E-state index contributed by atoms with van der Waals surface area (Å²) in [5.41, 5.74) is 1.57. The Labute approximate surface area is 144 Å². The van der Waals surface area contributed by atoms with Crippen molar-refractivity contribution in [1.29, 1.82) is 0 Å². The molecule has 0 unspecified atom stereocenters. The Morgan fingerprint density at radius 2 is 1.64 bits per heavy atom. The average Bonchev–Trinajstić information content (AvgIpc) is 2.61. The summed E-state index contributed by atoms with van der Waals surface area (Å²) in [5.74, 6) is 1.08. The third-order valence-corrected chi connectivity index (χ3v) is 3.45. The first-order chi connectivity index (χ1) is 12.0. The van der Waals surface area contributed by atoms with E-state index in [0.29, 0.717) is 23.6 Å². The van der Waals surface area contributed by atoms with Crippen molar-refractivity contribution in [3.8, 4) is 17.2 Å². The number of hydrogen-bond donors (Lipinski definition) is 1. The Hall–Kier alpha value is -2.83. The lowest BCUT2D eigenvalue weighted by Crippen LogP contribution is -2.24. The Morgan fingerprint density at radius 3 is 2.24 bits per heavy atom. The van der Waals surface area contributed by atoms with Gasteiger partial charge in [0.05, 0.1) is 20.6 Å². The van der Waals surface area contributed by atoms with Crippen molar-refractivity contribution in [2.75, 3.05) is 14.2 Å². The molecule has 0 aromatic heterocycles. The summed E-state index contributed by atoms with van der Waals surface area (Å²) >= 11 is 0. The highest BCUT2D eigenvalue weighted by Gasteiger charge is 2.08. The molecule has 0 aliphatic carbocycles. The van der Waals surface area contributed by atoms with Crippen LogP contribution in [0.25, 0.3) is 0 Å². The quantitative estimate of drug-likeness (QED) is 0.794. The molecular weight excluding hydrogens is 332 g/mol. The molecule has 0 bridgehead atoms. The molecular formula is C18H19F2NO4. The maximum atomic E-state index is 12.1. The number of hydrogen-bond acceptors (Lipinski definition) is 4. The standard InChI is InChI=1S/C18H19F2NO4/c1-23-15-8-5-13(9-16(15)24-2)11-21-17(22)10-12-3-6-14(7-4-12)25-18(19)20/h3-9,18H,10-11H2,1-2H3,(H,21,22). The zero-order chi connectivity index (χ0) is 18.2. The normalized spacial score (nSPS) is 10.4. The number of nitrogens with one attached hydrogen (secondary N) is 1. The predicted molar refractivity (Wildman–Crippen MR) is 88.2 cm³/mol. The van der Waals surface area contributed by atoms with Gasteiger partial charge < -0.3 is 19.5 Å². The molecule has 2 rings (SSSR count). The molecule has 1 amide bonds. The van der Waals surface area contributed by atoms with Crippen molar-refractivity contribution in [3.05, 3.63) is 53.6 Å². The van der Waals surface area contributed by atoms with Gasteiger partial charge in [0.15, 0.2) is 11.5 Å². The zero-order valence-corrected chi connectivity index (χ0v) is 13.9. The Morgan fingerprint density at radius 1 is 1.00 bits per heavy atom. The third-order valence-electron chi connectivity index (χ3n) is 3.45. The van der Waals surface area contributed by atoms with E-state index < -0.39 is 6.61 Å². The second-order valence-corrected chi connectivity index (χ2v) is 5.17.